The zero-order valence-electron chi connectivity index (χ0n) is 19.6. The summed E-state index contributed by atoms with van der Waals surface area (Å²) >= 11 is 0. The van der Waals surface area contributed by atoms with Crippen LogP contribution in [0, 0.1) is 13.8 Å². The summed E-state index contributed by atoms with van der Waals surface area (Å²) in [4.78, 5) is 50.9. The molecule has 9 nitrogen and oxygen atoms in total. The molecule has 0 bridgehead atoms. The zero-order chi connectivity index (χ0) is 24.5. The Bertz CT molecular complexity index is 860. The third-order valence-corrected chi connectivity index (χ3v) is 4.35. The number of nitrogens with zero attached hydrogens (tertiary/aromatic N) is 1. The summed E-state index contributed by atoms with van der Waals surface area (Å²) < 4.78 is 9.74. The van der Waals surface area contributed by atoms with Crippen LogP contribution in [0.25, 0.3) is 0 Å². The third-order valence-electron chi connectivity index (χ3n) is 4.35. The number of aryl methyl sites for hydroxylation is 2. The highest BCUT2D eigenvalue weighted by Gasteiger charge is 2.32. The molecule has 0 saturated heterocycles. The molecule has 1 atom stereocenters. The van der Waals surface area contributed by atoms with E-state index < -0.39 is 35.5 Å². The molecular weight excluding hydrogens is 414 g/mol. The number of alkyl carbamates (subject to hydrolysis) is 1. The van der Waals surface area contributed by atoms with Crippen molar-refractivity contribution < 1.29 is 28.7 Å². The Balaban J connectivity index is 3.22. The quantitative estimate of drug-likeness (QED) is 0.443. The molecule has 0 heterocycles. The van der Waals surface area contributed by atoms with Gasteiger partial charge in [-0.3, -0.25) is 14.4 Å². The summed E-state index contributed by atoms with van der Waals surface area (Å²) in [6.45, 7) is 11.8. The van der Waals surface area contributed by atoms with Crippen LogP contribution in [0.1, 0.15) is 43.5 Å². The lowest BCUT2D eigenvalue weighted by Gasteiger charge is -2.31. The molecule has 1 unspecified atom stereocenters. The lowest BCUT2D eigenvalue weighted by atomic mass is 9.96. The lowest BCUT2D eigenvalue weighted by Crippen LogP contribution is -2.48. The topological polar surface area (TPSA) is 114 Å². The lowest BCUT2D eigenvalue weighted by molar-refractivity contribution is -0.143. The number of hydrogen-bond donors (Lipinski definition) is 2. The van der Waals surface area contributed by atoms with Gasteiger partial charge in [-0.15, -0.1) is 6.58 Å². The Labute approximate surface area is 189 Å². The molecule has 0 spiro atoms. The summed E-state index contributed by atoms with van der Waals surface area (Å²) in [6.07, 6.45) is 0.736. The van der Waals surface area contributed by atoms with Crippen molar-refractivity contribution in [2.45, 2.75) is 46.3 Å². The van der Waals surface area contributed by atoms with E-state index >= 15 is 0 Å². The first-order chi connectivity index (χ1) is 14.9. The van der Waals surface area contributed by atoms with E-state index in [2.05, 4.69) is 21.9 Å². The smallest absolute Gasteiger partial charge is 0.408 e. The standard InChI is InChI=1S/C23H33N3O6/c1-8-11-26(18(27)13-25-22(30)32-23(4,5)6)20(21(29)24-14-19(28)31-7)17-12-15(2)9-10-16(17)3/h8-10,12,20H,1,11,13-14H2,2-7H3,(H,24,29)(H,25,30). The number of methoxy groups -OCH3 is 1. The SMILES string of the molecule is C=CCN(C(=O)CNC(=O)OC(C)(C)C)C(C(=O)NCC(=O)OC)c1cc(C)ccc1C. The number of hydrogen-bond acceptors (Lipinski definition) is 6. The molecule has 9 heteroatoms. The molecule has 32 heavy (non-hydrogen) atoms. The third kappa shape index (κ3) is 8.41. The van der Waals surface area contributed by atoms with E-state index in [1.165, 1.54) is 18.1 Å². The minimum Gasteiger partial charge on any atom is -0.468 e. The van der Waals surface area contributed by atoms with Crippen molar-refractivity contribution in [3.05, 3.63) is 47.5 Å². The molecule has 0 aliphatic heterocycles. The summed E-state index contributed by atoms with van der Waals surface area (Å²) in [5.74, 6) is -1.70. The van der Waals surface area contributed by atoms with Gasteiger partial charge in [0.25, 0.3) is 0 Å². The van der Waals surface area contributed by atoms with E-state index in [0.29, 0.717) is 5.56 Å². The van der Waals surface area contributed by atoms with E-state index in [-0.39, 0.29) is 19.6 Å². The molecule has 0 radical (unpaired) electrons. The number of ether oxygens (including phenoxy) is 2. The Morgan fingerprint density at radius 1 is 1.12 bits per heavy atom. The van der Waals surface area contributed by atoms with Gasteiger partial charge in [0, 0.05) is 6.54 Å². The fraction of sp³-hybridized carbons (Fsp3) is 0.478. The number of rotatable bonds is 9. The summed E-state index contributed by atoms with van der Waals surface area (Å²) in [7, 11) is 1.21. The highest BCUT2D eigenvalue weighted by Crippen LogP contribution is 2.26. The second-order valence-electron chi connectivity index (χ2n) is 8.25. The van der Waals surface area contributed by atoms with E-state index in [4.69, 9.17) is 4.74 Å². The first-order valence-corrected chi connectivity index (χ1v) is 10.2. The van der Waals surface area contributed by atoms with Gasteiger partial charge in [0.15, 0.2) is 0 Å². The van der Waals surface area contributed by atoms with Gasteiger partial charge < -0.3 is 25.0 Å². The van der Waals surface area contributed by atoms with E-state index in [9.17, 15) is 19.2 Å². The van der Waals surface area contributed by atoms with Gasteiger partial charge in [0.1, 0.15) is 24.7 Å². The van der Waals surface area contributed by atoms with Crippen molar-refractivity contribution in [2.24, 2.45) is 0 Å². The maximum absolute atomic E-state index is 13.1. The maximum atomic E-state index is 13.1. The second-order valence-corrected chi connectivity index (χ2v) is 8.25. The molecule has 3 amide bonds. The molecule has 0 fully saturated rings. The number of nitrogens with one attached hydrogen (secondary N) is 2. The van der Waals surface area contributed by atoms with Gasteiger partial charge in [-0.05, 0) is 45.7 Å². The highest BCUT2D eigenvalue weighted by molar-refractivity contribution is 5.92. The van der Waals surface area contributed by atoms with Gasteiger partial charge >= 0.3 is 12.1 Å². The van der Waals surface area contributed by atoms with Gasteiger partial charge in [-0.25, -0.2) is 4.79 Å². The average molecular weight is 448 g/mol. The summed E-state index contributed by atoms with van der Waals surface area (Å²) in [5, 5.41) is 4.93. The van der Waals surface area contributed by atoms with Crippen molar-refractivity contribution in [1.82, 2.24) is 15.5 Å². The maximum Gasteiger partial charge on any atom is 0.408 e. The Morgan fingerprint density at radius 3 is 2.34 bits per heavy atom. The van der Waals surface area contributed by atoms with E-state index in [1.807, 2.05) is 32.0 Å². The number of carbonyl (C=O) groups is 4. The number of esters is 1. The molecular formula is C23H33N3O6. The fourth-order valence-corrected chi connectivity index (χ4v) is 2.89. The van der Waals surface area contributed by atoms with Crippen molar-refractivity contribution in [1.29, 1.82) is 0 Å². The van der Waals surface area contributed by atoms with Crippen molar-refractivity contribution in [3.8, 4) is 0 Å². The number of carbonyl (C=O) groups excluding carboxylic acids is 4. The predicted octanol–water partition coefficient (Wildman–Crippen LogP) is 2.17. The van der Waals surface area contributed by atoms with Crippen LogP contribution in [-0.4, -0.2) is 61.1 Å². The van der Waals surface area contributed by atoms with E-state index in [1.54, 1.807) is 20.8 Å². The molecule has 1 rings (SSSR count). The zero-order valence-corrected chi connectivity index (χ0v) is 19.6. The number of benzene rings is 1. The van der Waals surface area contributed by atoms with Crippen LogP contribution in [0.3, 0.4) is 0 Å². The largest absolute Gasteiger partial charge is 0.468 e. The van der Waals surface area contributed by atoms with Crippen LogP contribution >= 0.6 is 0 Å². The fourth-order valence-electron chi connectivity index (χ4n) is 2.89. The molecule has 0 aliphatic carbocycles. The van der Waals surface area contributed by atoms with Gasteiger partial charge in [-0.1, -0.05) is 29.8 Å². The molecule has 176 valence electrons. The van der Waals surface area contributed by atoms with Crippen molar-refractivity contribution in [2.75, 3.05) is 26.7 Å². The first-order valence-electron chi connectivity index (χ1n) is 10.2. The first kappa shape index (κ1) is 26.7. The molecule has 1 aromatic carbocycles. The Hall–Kier alpha value is -3.36. The minimum atomic E-state index is -1.05. The molecule has 0 aromatic heterocycles. The van der Waals surface area contributed by atoms with Crippen LogP contribution in [0.5, 0.6) is 0 Å². The summed E-state index contributed by atoms with van der Waals surface area (Å²) in [5.41, 5.74) is 1.56. The van der Waals surface area contributed by atoms with Crippen LogP contribution < -0.4 is 10.6 Å². The highest BCUT2D eigenvalue weighted by atomic mass is 16.6. The predicted molar refractivity (Wildman–Crippen MR) is 120 cm³/mol. The molecule has 1 aromatic rings. The normalized spacial score (nSPS) is 11.7. The summed E-state index contributed by atoms with van der Waals surface area (Å²) in [6, 6.07) is 4.50. The van der Waals surface area contributed by atoms with Crippen LogP contribution in [0.4, 0.5) is 4.79 Å². The minimum absolute atomic E-state index is 0.0402. The van der Waals surface area contributed by atoms with E-state index in [0.717, 1.165) is 11.1 Å². The van der Waals surface area contributed by atoms with Crippen molar-refractivity contribution >= 4 is 23.9 Å². The Morgan fingerprint density at radius 2 is 1.78 bits per heavy atom. The van der Waals surface area contributed by atoms with Crippen LogP contribution in [0.2, 0.25) is 0 Å². The van der Waals surface area contributed by atoms with Crippen molar-refractivity contribution in [3.63, 3.8) is 0 Å². The molecule has 0 aliphatic rings. The van der Waals surface area contributed by atoms with Crippen LogP contribution in [0.15, 0.2) is 30.9 Å². The number of amides is 3. The van der Waals surface area contributed by atoms with Crippen LogP contribution in [-0.2, 0) is 23.9 Å². The monoisotopic (exact) mass is 447 g/mol. The Kier molecular flexibility index (Phi) is 9.90. The van der Waals surface area contributed by atoms with Gasteiger partial charge in [-0.2, -0.15) is 0 Å². The second kappa shape index (κ2) is 11.9. The average Bonchev–Trinajstić information content (AvgIpc) is 2.70. The van der Waals surface area contributed by atoms with Gasteiger partial charge in [0.2, 0.25) is 11.8 Å². The van der Waals surface area contributed by atoms with Gasteiger partial charge in [0.05, 0.1) is 7.11 Å². The molecule has 0 saturated carbocycles. The molecule has 2 N–H and O–H groups in total.